The van der Waals surface area contributed by atoms with Crippen molar-refractivity contribution in [3.8, 4) is 11.5 Å². The maximum absolute atomic E-state index is 12.4. The number of rotatable bonds is 5. The summed E-state index contributed by atoms with van der Waals surface area (Å²) >= 11 is 0. The highest BCUT2D eigenvalue weighted by molar-refractivity contribution is 5.74. The molecule has 6 heteroatoms. The fraction of sp³-hybridized carbons (Fsp3) is 0.350. The minimum atomic E-state index is -0.0221. The van der Waals surface area contributed by atoms with Crippen molar-refractivity contribution < 1.29 is 14.3 Å². The Morgan fingerprint density at radius 3 is 2.38 bits per heavy atom. The Kier molecular flexibility index (Phi) is 5.84. The predicted molar refractivity (Wildman–Crippen MR) is 102 cm³/mol. The van der Waals surface area contributed by atoms with Crippen LogP contribution in [0.15, 0.2) is 48.5 Å². The van der Waals surface area contributed by atoms with Gasteiger partial charge in [0.1, 0.15) is 11.5 Å². The van der Waals surface area contributed by atoms with Crippen LogP contribution < -0.4 is 19.7 Å². The van der Waals surface area contributed by atoms with Gasteiger partial charge >= 0.3 is 6.03 Å². The second-order valence-corrected chi connectivity index (χ2v) is 6.16. The molecule has 138 valence electrons. The molecule has 0 radical (unpaired) electrons. The molecule has 1 N–H and O–H groups in total. The van der Waals surface area contributed by atoms with Crippen molar-refractivity contribution in [2.24, 2.45) is 0 Å². The first-order valence-electron chi connectivity index (χ1n) is 8.75. The second kappa shape index (κ2) is 8.47. The van der Waals surface area contributed by atoms with E-state index < -0.39 is 0 Å². The second-order valence-electron chi connectivity index (χ2n) is 6.16. The van der Waals surface area contributed by atoms with Crippen molar-refractivity contribution in [1.82, 2.24) is 10.2 Å². The molecule has 1 heterocycles. The first-order valence-corrected chi connectivity index (χ1v) is 8.75. The molecule has 0 saturated carbocycles. The minimum absolute atomic E-state index is 0.0221. The summed E-state index contributed by atoms with van der Waals surface area (Å²) < 4.78 is 10.8. The summed E-state index contributed by atoms with van der Waals surface area (Å²) in [5.41, 5.74) is 2.09. The number of urea groups is 1. The quantitative estimate of drug-likeness (QED) is 0.896. The summed E-state index contributed by atoms with van der Waals surface area (Å²) in [5.74, 6) is 1.61. The molecule has 0 spiro atoms. The average Bonchev–Trinajstić information content (AvgIpc) is 2.72. The molecule has 0 aromatic heterocycles. The highest BCUT2D eigenvalue weighted by Crippen LogP contribution is 2.32. The normalized spacial score (nSPS) is 14.1. The van der Waals surface area contributed by atoms with Crippen molar-refractivity contribution >= 4 is 11.7 Å². The summed E-state index contributed by atoms with van der Waals surface area (Å²) in [6, 6.07) is 15.7. The Balaban J connectivity index is 1.56. The maximum atomic E-state index is 12.4. The number of piperazine rings is 1. The van der Waals surface area contributed by atoms with E-state index in [0.29, 0.717) is 19.6 Å². The lowest BCUT2D eigenvalue weighted by atomic mass is 10.2. The molecule has 0 atom stereocenters. The van der Waals surface area contributed by atoms with Gasteiger partial charge < -0.3 is 24.6 Å². The fourth-order valence-corrected chi connectivity index (χ4v) is 3.08. The van der Waals surface area contributed by atoms with Crippen LogP contribution in [-0.2, 0) is 6.54 Å². The molecule has 2 amide bonds. The van der Waals surface area contributed by atoms with Crippen LogP contribution in [-0.4, -0.2) is 51.3 Å². The van der Waals surface area contributed by atoms with Gasteiger partial charge in [0.25, 0.3) is 0 Å². The van der Waals surface area contributed by atoms with E-state index in [9.17, 15) is 4.79 Å². The first kappa shape index (κ1) is 17.9. The number of amides is 2. The van der Waals surface area contributed by atoms with E-state index in [-0.39, 0.29) is 6.03 Å². The van der Waals surface area contributed by atoms with Crippen molar-refractivity contribution in [2.45, 2.75) is 6.54 Å². The Morgan fingerprint density at radius 2 is 1.73 bits per heavy atom. The van der Waals surface area contributed by atoms with Crippen LogP contribution in [0.5, 0.6) is 11.5 Å². The summed E-state index contributed by atoms with van der Waals surface area (Å²) in [4.78, 5) is 16.5. The molecule has 3 rings (SSSR count). The lowest BCUT2D eigenvalue weighted by Crippen LogP contribution is -2.51. The number of benzene rings is 2. The van der Waals surface area contributed by atoms with Gasteiger partial charge in [-0.3, -0.25) is 0 Å². The van der Waals surface area contributed by atoms with Gasteiger partial charge in [-0.2, -0.15) is 0 Å². The van der Waals surface area contributed by atoms with Gasteiger partial charge in [-0.25, -0.2) is 4.79 Å². The van der Waals surface area contributed by atoms with Gasteiger partial charge in [-0.1, -0.05) is 30.3 Å². The summed E-state index contributed by atoms with van der Waals surface area (Å²) in [5, 5.41) is 2.99. The van der Waals surface area contributed by atoms with Crippen molar-refractivity contribution in [2.75, 3.05) is 45.3 Å². The zero-order valence-corrected chi connectivity index (χ0v) is 15.3. The molecule has 0 aliphatic carbocycles. The topological polar surface area (TPSA) is 54.0 Å². The molecule has 1 aliphatic rings. The van der Waals surface area contributed by atoms with E-state index >= 15 is 0 Å². The van der Waals surface area contributed by atoms with Crippen molar-refractivity contribution in [3.63, 3.8) is 0 Å². The Hall–Kier alpha value is -2.89. The number of ether oxygens (including phenoxy) is 2. The zero-order chi connectivity index (χ0) is 18.4. The Bertz CT molecular complexity index is 728. The number of hydrogen-bond acceptors (Lipinski definition) is 4. The number of methoxy groups -OCH3 is 2. The lowest BCUT2D eigenvalue weighted by molar-refractivity contribution is 0.194. The largest absolute Gasteiger partial charge is 0.497 e. The molecule has 1 saturated heterocycles. The zero-order valence-electron chi connectivity index (χ0n) is 15.3. The molecule has 0 unspecified atom stereocenters. The number of hydrogen-bond donors (Lipinski definition) is 1. The van der Waals surface area contributed by atoms with E-state index in [0.717, 1.165) is 35.8 Å². The van der Waals surface area contributed by atoms with Crippen LogP contribution in [0.4, 0.5) is 10.5 Å². The monoisotopic (exact) mass is 355 g/mol. The molecule has 2 aromatic rings. The van der Waals surface area contributed by atoms with Crippen LogP contribution in [0.25, 0.3) is 0 Å². The molecule has 2 aromatic carbocycles. The van der Waals surface area contributed by atoms with Crippen LogP contribution in [0.1, 0.15) is 5.56 Å². The summed E-state index contributed by atoms with van der Waals surface area (Å²) in [6.07, 6.45) is 0. The summed E-state index contributed by atoms with van der Waals surface area (Å²) in [6.45, 7) is 3.39. The van der Waals surface area contributed by atoms with E-state index in [1.807, 2.05) is 53.4 Å². The SMILES string of the molecule is COc1ccc(OC)c(N2CCN(C(=O)NCc3ccccc3)CC2)c1. The number of carbonyl (C=O) groups is 1. The molecular formula is C20H25N3O3. The third kappa shape index (κ3) is 4.20. The Labute approximate surface area is 154 Å². The van der Waals surface area contributed by atoms with Gasteiger partial charge in [0.2, 0.25) is 0 Å². The molecule has 26 heavy (non-hydrogen) atoms. The van der Waals surface area contributed by atoms with Gasteiger partial charge in [0.15, 0.2) is 0 Å². The highest BCUT2D eigenvalue weighted by atomic mass is 16.5. The minimum Gasteiger partial charge on any atom is -0.497 e. The third-order valence-corrected chi connectivity index (χ3v) is 4.58. The van der Waals surface area contributed by atoms with Crippen LogP contribution in [0.2, 0.25) is 0 Å². The Morgan fingerprint density at radius 1 is 1.00 bits per heavy atom. The fourth-order valence-electron chi connectivity index (χ4n) is 3.08. The standard InChI is InChI=1S/C20H25N3O3/c1-25-17-8-9-19(26-2)18(14-17)22-10-12-23(13-11-22)20(24)21-15-16-6-4-3-5-7-16/h3-9,14H,10-13,15H2,1-2H3,(H,21,24). The van der Waals surface area contributed by atoms with Gasteiger partial charge in [0, 0.05) is 38.8 Å². The average molecular weight is 355 g/mol. The molecular weight excluding hydrogens is 330 g/mol. The lowest BCUT2D eigenvalue weighted by Gasteiger charge is -2.36. The molecule has 1 aliphatic heterocycles. The maximum Gasteiger partial charge on any atom is 0.317 e. The number of nitrogens with zero attached hydrogens (tertiary/aromatic N) is 2. The number of carbonyl (C=O) groups excluding carboxylic acids is 1. The van der Waals surface area contributed by atoms with Crippen LogP contribution >= 0.6 is 0 Å². The highest BCUT2D eigenvalue weighted by Gasteiger charge is 2.23. The van der Waals surface area contributed by atoms with Gasteiger partial charge in [-0.05, 0) is 17.7 Å². The molecule has 6 nitrogen and oxygen atoms in total. The van der Waals surface area contributed by atoms with E-state index in [2.05, 4.69) is 10.2 Å². The van der Waals surface area contributed by atoms with Crippen LogP contribution in [0, 0.1) is 0 Å². The van der Waals surface area contributed by atoms with Crippen LogP contribution in [0.3, 0.4) is 0 Å². The van der Waals surface area contributed by atoms with Gasteiger partial charge in [0.05, 0.1) is 19.9 Å². The van der Waals surface area contributed by atoms with Crippen molar-refractivity contribution in [3.05, 3.63) is 54.1 Å². The van der Waals surface area contributed by atoms with E-state index in [1.165, 1.54) is 0 Å². The molecule has 0 bridgehead atoms. The third-order valence-electron chi connectivity index (χ3n) is 4.58. The summed E-state index contributed by atoms with van der Waals surface area (Å²) in [7, 11) is 3.32. The smallest absolute Gasteiger partial charge is 0.317 e. The van der Waals surface area contributed by atoms with E-state index in [1.54, 1.807) is 14.2 Å². The number of anilines is 1. The first-order chi connectivity index (χ1) is 12.7. The van der Waals surface area contributed by atoms with E-state index in [4.69, 9.17) is 9.47 Å². The van der Waals surface area contributed by atoms with Gasteiger partial charge in [-0.15, -0.1) is 0 Å². The number of nitrogens with one attached hydrogen (secondary N) is 1. The predicted octanol–water partition coefficient (Wildman–Crippen LogP) is 2.74. The molecule has 1 fully saturated rings. The van der Waals surface area contributed by atoms with Crippen molar-refractivity contribution in [1.29, 1.82) is 0 Å².